The lowest BCUT2D eigenvalue weighted by molar-refractivity contribution is -0.384. The number of non-ortho nitro benzene ring substituents is 1. The molecule has 0 saturated carbocycles. The van der Waals surface area contributed by atoms with E-state index in [1.165, 1.54) is 18.2 Å². The molecular weight excluding hydrogens is 358 g/mol. The van der Waals surface area contributed by atoms with Gasteiger partial charge in [0.05, 0.1) is 10.3 Å². The minimum Gasteiger partial charge on any atom is -0.338 e. The second-order valence-corrected chi connectivity index (χ2v) is 7.38. The predicted molar refractivity (Wildman–Crippen MR) is 105 cm³/mol. The first kappa shape index (κ1) is 19.5. The molecule has 0 atom stereocenters. The number of nitro groups is 1. The molecule has 7 heteroatoms. The zero-order valence-corrected chi connectivity index (χ0v) is 16.0. The Morgan fingerprint density at radius 1 is 0.929 bits per heavy atom. The van der Waals surface area contributed by atoms with Crippen LogP contribution < -0.4 is 0 Å². The predicted octanol–water partition coefficient (Wildman–Crippen LogP) is 2.86. The summed E-state index contributed by atoms with van der Waals surface area (Å²) in [6, 6.07) is 15.4. The lowest BCUT2D eigenvalue weighted by Crippen LogP contribution is -2.54. The molecule has 1 heterocycles. The quantitative estimate of drug-likeness (QED) is 0.602. The maximum Gasteiger partial charge on any atom is 0.270 e. The largest absolute Gasteiger partial charge is 0.338 e. The van der Waals surface area contributed by atoms with Crippen LogP contribution in [-0.2, 0) is 10.2 Å². The number of piperazine rings is 1. The molecule has 2 aromatic carbocycles. The van der Waals surface area contributed by atoms with Crippen molar-refractivity contribution in [1.29, 1.82) is 0 Å². The third kappa shape index (κ3) is 3.88. The first-order chi connectivity index (χ1) is 13.3. The molecular formula is C21H23N3O4. The van der Waals surface area contributed by atoms with Crippen LogP contribution >= 0.6 is 0 Å². The summed E-state index contributed by atoms with van der Waals surface area (Å²) < 4.78 is 0. The molecule has 1 aliphatic heterocycles. The van der Waals surface area contributed by atoms with Crippen LogP contribution in [-0.4, -0.2) is 52.7 Å². The number of carbonyl (C=O) groups is 2. The average molecular weight is 381 g/mol. The van der Waals surface area contributed by atoms with Crippen molar-refractivity contribution in [3.05, 3.63) is 75.8 Å². The number of hydrogen-bond donors (Lipinski definition) is 0. The zero-order valence-electron chi connectivity index (χ0n) is 16.0. The Labute approximate surface area is 163 Å². The van der Waals surface area contributed by atoms with Crippen molar-refractivity contribution in [2.75, 3.05) is 26.2 Å². The van der Waals surface area contributed by atoms with E-state index in [1.54, 1.807) is 15.9 Å². The fourth-order valence-electron chi connectivity index (χ4n) is 3.42. The number of benzene rings is 2. The van der Waals surface area contributed by atoms with Crippen molar-refractivity contribution in [2.24, 2.45) is 0 Å². The minimum atomic E-state index is -0.645. The summed E-state index contributed by atoms with van der Waals surface area (Å²) in [4.78, 5) is 39.5. The number of nitro benzene ring substituents is 1. The minimum absolute atomic E-state index is 0.0288. The molecule has 0 N–H and O–H groups in total. The van der Waals surface area contributed by atoms with Gasteiger partial charge in [-0.25, -0.2) is 0 Å². The van der Waals surface area contributed by atoms with Gasteiger partial charge in [0, 0.05) is 43.9 Å². The highest BCUT2D eigenvalue weighted by Crippen LogP contribution is 2.26. The van der Waals surface area contributed by atoms with Gasteiger partial charge in [0.1, 0.15) is 0 Å². The fourth-order valence-corrected chi connectivity index (χ4v) is 3.42. The molecule has 1 aliphatic rings. The van der Waals surface area contributed by atoms with Gasteiger partial charge in [-0.2, -0.15) is 0 Å². The Morgan fingerprint density at radius 2 is 1.54 bits per heavy atom. The molecule has 1 saturated heterocycles. The summed E-state index contributed by atoms with van der Waals surface area (Å²) in [5, 5.41) is 10.9. The molecule has 7 nitrogen and oxygen atoms in total. The van der Waals surface area contributed by atoms with Crippen molar-refractivity contribution >= 4 is 17.5 Å². The van der Waals surface area contributed by atoms with Crippen LogP contribution in [0.25, 0.3) is 0 Å². The van der Waals surface area contributed by atoms with Gasteiger partial charge in [0.25, 0.3) is 11.6 Å². The van der Waals surface area contributed by atoms with Gasteiger partial charge in [0.2, 0.25) is 5.91 Å². The third-order valence-corrected chi connectivity index (χ3v) is 5.19. The summed E-state index contributed by atoms with van der Waals surface area (Å²) in [5.74, 6) is -0.223. The third-order valence-electron chi connectivity index (χ3n) is 5.19. The summed E-state index contributed by atoms with van der Waals surface area (Å²) in [6.45, 7) is 5.50. The van der Waals surface area contributed by atoms with Gasteiger partial charge in [-0.15, -0.1) is 0 Å². The summed E-state index contributed by atoms with van der Waals surface area (Å²) >= 11 is 0. The Balaban J connectivity index is 1.66. The first-order valence-corrected chi connectivity index (χ1v) is 9.19. The smallest absolute Gasteiger partial charge is 0.270 e. The number of amides is 2. The molecule has 0 aromatic heterocycles. The lowest BCUT2D eigenvalue weighted by atomic mass is 9.83. The van der Waals surface area contributed by atoms with Crippen LogP contribution in [0.5, 0.6) is 0 Å². The molecule has 0 aliphatic carbocycles. The summed E-state index contributed by atoms with van der Waals surface area (Å²) in [5.41, 5.74) is 0.492. The molecule has 2 amide bonds. The van der Waals surface area contributed by atoms with Crippen LogP contribution in [0.15, 0.2) is 54.6 Å². The van der Waals surface area contributed by atoms with Crippen LogP contribution in [0.2, 0.25) is 0 Å². The van der Waals surface area contributed by atoms with Gasteiger partial charge in [-0.05, 0) is 25.5 Å². The van der Waals surface area contributed by atoms with E-state index in [4.69, 9.17) is 0 Å². The Kier molecular flexibility index (Phi) is 5.44. The SMILES string of the molecule is CC(C)(C(=O)N1CCN(C(=O)c2cccc([N+](=O)[O-])c2)CC1)c1ccccc1. The van der Waals surface area contributed by atoms with Crippen LogP contribution in [0, 0.1) is 10.1 Å². The molecule has 0 bridgehead atoms. The fraction of sp³-hybridized carbons (Fsp3) is 0.333. The zero-order chi connectivity index (χ0) is 20.3. The maximum absolute atomic E-state index is 13.0. The van der Waals surface area contributed by atoms with Crippen molar-refractivity contribution in [3.63, 3.8) is 0 Å². The van der Waals surface area contributed by atoms with Crippen molar-refractivity contribution in [2.45, 2.75) is 19.3 Å². The molecule has 0 spiro atoms. The molecule has 3 rings (SSSR count). The van der Waals surface area contributed by atoms with Crippen molar-refractivity contribution in [1.82, 2.24) is 9.80 Å². The Bertz CT molecular complexity index is 888. The van der Waals surface area contributed by atoms with E-state index in [0.717, 1.165) is 5.56 Å². The second kappa shape index (κ2) is 7.80. The van der Waals surface area contributed by atoms with E-state index < -0.39 is 10.3 Å². The number of carbonyl (C=O) groups excluding carboxylic acids is 2. The molecule has 146 valence electrons. The number of nitrogens with zero attached hydrogens (tertiary/aromatic N) is 3. The maximum atomic E-state index is 13.0. The van der Waals surface area contributed by atoms with Crippen LogP contribution in [0.1, 0.15) is 29.8 Å². The lowest BCUT2D eigenvalue weighted by Gasteiger charge is -2.38. The second-order valence-electron chi connectivity index (χ2n) is 7.38. The van der Waals surface area contributed by atoms with Crippen LogP contribution in [0.3, 0.4) is 0 Å². The van der Waals surface area contributed by atoms with E-state index in [9.17, 15) is 19.7 Å². The van der Waals surface area contributed by atoms with Gasteiger partial charge in [0.15, 0.2) is 0 Å². The molecule has 0 radical (unpaired) electrons. The van der Waals surface area contributed by atoms with Gasteiger partial charge >= 0.3 is 0 Å². The summed E-state index contributed by atoms with van der Waals surface area (Å²) in [7, 11) is 0. The van der Waals surface area contributed by atoms with Crippen molar-refractivity contribution < 1.29 is 14.5 Å². The Morgan fingerprint density at radius 3 is 2.14 bits per heavy atom. The monoisotopic (exact) mass is 381 g/mol. The molecule has 1 fully saturated rings. The molecule has 0 unspecified atom stereocenters. The highest BCUT2D eigenvalue weighted by atomic mass is 16.6. The molecule has 28 heavy (non-hydrogen) atoms. The number of hydrogen-bond acceptors (Lipinski definition) is 4. The van der Waals surface area contributed by atoms with Gasteiger partial charge in [-0.1, -0.05) is 36.4 Å². The van der Waals surface area contributed by atoms with E-state index in [0.29, 0.717) is 31.7 Å². The Hall–Kier alpha value is -3.22. The number of rotatable bonds is 4. The summed E-state index contributed by atoms with van der Waals surface area (Å²) in [6.07, 6.45) is 0. The van der Waals surface area contributed by atoms with E-state index in [2.05, 4.69) is 0 Å². The van der Waals surface area contributed by atoms with Crippen molar-refractivity contribution in [3.8, 4) is 0 Å². The van der Waals surface area contributed by atoms with E-state index >= 15 is 0 Å². The highest BCUT2D eigenvalue weighted by Gasteiger charge is 2.35. The van der Waals surface area contributed by atoms with E-state index in [-0.39, 0.29) is 17.5 Å². The van der Waals surface area contributed by atoms with E-state index in [1.807, 2.05) is 44.2 Å². The topological polar surface area (TPSA) is 83.8 Å². The normalized spacial score (nSPS) is 14.6. The standard InChI is InChI=1S/C21H23N3O4/c1-21(2,17-8-4-3-5-9-17)20(26)23-13-11-22(12-14-23)19(25)16-7-6-10-18(15-16)24(27)28/h3-10,15H,11-14H2,1-2H3. The molecule has 2 aromatic rings. The first-order valence-electron chi connectivity index (χ1n) is 9.19. The van der Waals surface area contributed by atoms with Gasteiger partial charge in [-0.3, -0.25) is 19.7 Å². The highest BCUT2D eigenvalue weighted by molar-refractivity contribution is 5.95. The van der Waals surface area contributed by atoms with Gasteiger partial charge < -0.3 is 9.80 Å². The van der Waals surface area contributed by atoms with Crippen LogP contribution in [0.4, 0.5) is 5.69 Å². The average Bonchev–Trinajstić information content (AvgIpc) is 2.73.